The van der Waals surface area contributed by atoms with E-state index in [0.717, 1.165) is 22.5 Å². The Balaban J connectivity index is 0.00000210. The predicted molar refractivity (Wildman–Crippen MR) is 107 cm³/mol. The summed E-state index contributed by atoms with van der Waals surface area (Å²) in [6.07, 6.45) is -0.561. The minimum absolute atomic E-state index is 0. The molecule has 0 radical (unpaired) electrons. The van der Waals surface area contributed by atoms with Crippen LogP contribution in [0.15, 0.2) is 60.7 Å². The van der Waals surface area contributed by atoms with Gasteiger partial charge >= 0.3 is 0 Å². The number of aliphatic hydroxyl groups excluding tert-OH is 1. The molecule has 0 spiro atoms. The average molecular weight is 387 g/mol. The molecule has 0 amide bonds. The van der Waals surface area contributed by atoms with Gasteiger partial charge in [0.05, 0.1) is 31.2 Å². The van der Waals surface area contributed by atoms with Crippen LogP contribution in [-0.4, -0.2) is 34.9 Å². The van der Waals surface area contributed by atoms with Crippen molar-refractivity contribution in [2.75, 3.05) is 19.8 Å². The van der Waals surface area contributed by atoms with Gasteiger partial charge in [0.15, 0.2) is 5.82 Å². The van der Waals surface area contributed by atoms with Crippen molar-refractivity contribution >= 4 is 12.4 Å². The van der Waals surface area contributed by atoms with Gasteiger partial charge in [-0.15, -0.1) is 12.4 Å². The van der Waals surface area contributed by atoms with Gasteiger partial charge in [0, 0.05) is 16.5 Å². The first-order chi connectivity index (χ1) is 12.7. The number of hydrogen-bond acceptors (Lipinski definition) is 4. The van der Waals surface area contributed by atoms with E-state index in [2.05, 4.69) is 17.1 Å². The molecule has 1 aliphatic heterocycles. The van der Waals surface area contributed by atoms with Gasteiger partial charge in [0.25, 0.3) is 0 Å². The normalized spacial score (nSPS) is 22.2. The number of rotatable bonds is 4. The van der Waals surface area contributed by atoms with E-state index in [9.17, 15) is 5.11 Å². The third-order valence-corrected chi connectivity index (χ3v) is 4.60. The SMILES string of the molecule is C[C@]1(CO)CO[C@H](c2nc(-c3ccccc3)c(-c3ccccc3)[nH]2)OC1.Cl. The molecule has 4 rings (SSSR count). The molecule has 5 nitrogen and oxygen atoms in total. The molecule has 1 saturated heterocycles. The standard InChI is InChI=1S/C21H22N2O3.ClH/c1-21(12-24)13-25-20(26-14-21)19-22-17(15-8-4-2-5-9-15)18(23-19)16-10-6-3-7-11-16;/h2-11,20,24H,12-14H2,1H3,(H,22,23);1H/t20-,21-;. The van der Waals surface area contributed by atoms with Gasteiger partial charge in [-0.05, 0) is 0 Å². The first-order valence-electron chi connectivity index (χ1n) is 8.73. The Morgan fingerprint density at radius 3 is 2.11 bits per heavy atom. The van der Waals surface area contributed by atoms with Crippen LogP contribution in [0.1, 0.15) is 19.0 Å². The Labute approximate surface area is 164 Å². The lowest BCUT2D eigenvalue weighted by Gasteiger charge is -2.35. The number of benzene rings is 2. The summed E-state index contributed by atoms with van der Waals surface area (Å²) in [7, 11) is 0. The van der Waals surface area contributed by atoms with Gasteiger partial charge in [-0.3, -0.25) is 0 Å². The Kier molecular flexibility index (Phi) is 5.97. The Hall–Kier alpha value is -2.18. The first kappa shape index (κ1) is 19.6. The second-order valence-corrected chi connectivity index (χ2v) is 7.00. The molecular formula is C21H23ClN2O3. The predicted octanol–water partition coefficient (Wildman–Crippen LogP) is 4.21. The van der Waals surface area contributed by atoms with Gasteiger partial charge in [0.2, 0.25) is 6.29 Å². The van der Waals surface area contributed by atoms with Crippen molar-refractivity contribution in [1.29, 1.82) is 0 Å². The summed E-state index contributed by atoms with van der Waals surface area (Å²) in [5.41, 5.74) is 3.53. The fourth-order valence-electron chi connectivity index (χ4n) is 3.01. The molecule has 6 heteroatoms. The number of H-pyrrole nitrogens is 1. The van der Waals surface area contributed by atoms with E-state index < -0.39 is 6.29 Å². The monoisotopic (exact) mass is 386 g/mol. The molecule has 2 N–H and O–H groups in total. The summed E-state index contributed by atoms with van der Waals surface area (Å²) in [6, 6.07) is 20.2. The topological polar surface area (TPSA) is 67.4 Å². The third-order valence-electron chi connectivity index (χ3n) is 4.60. The highest BCUT2D eigenvalue weighted by atomic mass is 35.5. The molecular weight excluding hydrogens is 364 g/mol. The lowest BCUT2D eigenvalue weighted by atomic mass is 9.94. The van der Waals surface area contributed by atoms with Crippen LogP contribution in [0, 0.1) is 5.41 Å². The van der Waals surface area contributed by atoms with Gasteiger partial charge in [-0.2, -0.15) is 0 Å². The molecule has 0 atom stereocenters. The molecule has 0 saturated carbocycles. The average Bonchev–Trinajstić information content (AvgIpc) is 3.15. The van der Waals surface area contributed by atoms with E-state index in [1.54, 1.807) is 0 Å². The maximum atomic E-state index is 9.47. The van der Waals surface area contributed by atoms with Crippen LogP contribution in [0.5, 0.6) is 0 Å². The van der Waals surface area contributed by atoms with Gasteiger partial charge < -0.3 is 19.6 Å². The van der Waals surface area contributed by atoms with Crippen molar-refractivity contribution in [3.05, 3.63) is 66.5 Å². The molecule has 0 aliphatic carbocycles. The van der Waals surface area contributed by atoms with E-state index in [-0.39, 0.29) is 24.4 Å². The number of aromatic nitrogens is 2. The zero-order valence-corrected chi connectivity index (χ0v) is 15.9. The largest absolute Gasteiger partial charge is 0.396 e. The van der Waals surface area contributed by atoms with Crippen molar-refractivity contribution < 1.29 is 14.6 Å². The number of aromatic amines is 1. The fraction of sp³-hybridized carbons (Fsp3) is 0.286. The Morgan fingerprint density at radius 1 is 1.00 bits per heavy atom. The maximum Gasteiger partial charge on any atom is 0.217 e. The summed E-state index contributed by atoms with van der Waals surface area (Å²) >= 11 is 0. The molecule has 27 heavy (non-hydrogen) atoms. The quantitative estimate of drug-likeness (QED) is 0.704. The molecule has 1 fully saturated rings. The van der Waals surface area contributed by atoms with Crippen LogP contribution in [0.3, 0.4) is 0 Å². The lowest BCUT2D eigenvalue weighted by Crippen LogP contribution is -2.39. The number of nitrogens with one attached hydrogen (secondary N) is 1. The second-order valence-electron chi connectivity index (χ2n) is 7.00. The molecule has 1 aliphatic rings. The van der Waals surface area contributed by atoms with Crippen LogP contribution in [0.2, 0.25) is 0 Å². The summed E-state index contributed by atoms with van der Waals surface area (Å²) in [6.45, 7) is 2.82. The summed E-state index contributed by atoms with van der Waals surface area (Å²) in [4.78, 5) is 8.17. The van der Waals surface area contributed by atoms with Crippen molar-refractivity contribution in [1.82, 2.24) is 9.97 Å². The maximum absolute atomic E-state index is 9.47. The molecule has 142 valence electrons. The lowest BCUT2D eigenvalue weighted by molar-refractivity contribution is -0.239. The number of hydrogen-bond donors (Lipinski definition) is 2. The van der Waals surface area contributed by atoms with E-state index in [1.165, 1.54) is 0 Å². The van der Waals surface area contributed by atoms with Crippen LogP contribution in [0.4, 0.5) is 0 Å². The van der Waals surface area contributed by atoms with Crippen LogP contribution in [-0.2, 0) is 9.47 Å². The van der Waals surface area contributed by atoms with Gasteiger partial charge in [-0.25, -0.2) is 4.98 Å². The molecule has 2 heterocycles. The fourth-order valence-corrected chi connectivity index (χ4v) is 3.01. The van der Waals surface area contributed by atoms with Crippen LogP contribution < -0.4 is 0 Å². The number of imidazole rings is 1. The van der Waals surface area contributed by atoms with E-state index in [0.29, 0.717) is 19.0 Å². The number of aliphatic hydroxyl groups is 1. The zero-order chi connectivity index (χ0) is 18.0. The van der Waals surface area contributed by atoms with Crippen molar-refractivity contribution in [3.63, 3.8) is 0 Å². The number of ether oxygens (including phenoxy) is 2. The van der Waals surface area contributed by atoms with E-state index in [4.69, 9.17) is 14.5 Å². The minimum Gasteiger partial charge on any atom is -0.396 e. The van der Waals surface area contributed by atoms with Gasteiger partial charge in [-0.1, -0.05) is 67.6 Å². The molecule has 0 bridgehead atoms. The van der Waals surface area contributed by atoms with Crippen LogP contribution >= 0.6 is 12.4 Å². The minimum atomic E-state index is -0.561. The molecule has 2 aromatic carbocycles. The second kappa shape index (κ2) is 8.23. The number of nitrogens with zero attached hydrogens (tertiary/aromatic N) is 1. The highest BCUT2D eigenvalue weighted by molar-refractivity contribution is 5.85. The number of halogens is 1. The molecule has 1 aromatic heterocycles. The van der Waals surface area contributed by atoms with E-state index in [1.807, 2.05) is 55.5 Å². The summed E-state index contributed by atoms with van der Waals surface area (Å²) < 4.78 is 11.7. The summed E-state index contributed by atoms with van der Waals surface area (Å²) in [5.74, 6) is 0.641. The molecule has 0 unspecified atom stereocenters. The first-order valence-corrected chi connectivity index (χ1v) is 8.73. The Bertz CT molecular complexity index is 803. The van der Waals surface area contributed by atoms with Crippen LogP contribution in [0.25, 0.3) is 22.5 Å². The van der Waals surface area contributed by atoms with Crippen molar-refractivity contribution in [2.45, 2.75) is 13.2 Å². The van der Waals surface area contributed by atoms with E-state index >= 15 is 0 Å². The van der Waals surface area contributed by atoms with Crippen molar-refractivity contribution in [3.8, 4) is 22.5 Å². The summed E-state index contributed by atoms with van der Waals surface area (Å²) in [5, 5.41) is 9.47. The Morgan fingerprint density at radius 2 is 1.56 bits per heavy atom. The smallest absolute Gasteiger partial charge is 0.217 e. The van der Waals surface area contributed by atoms with Gasteiger partial charge in [0.1, 0.15) is 0 Å². The highest BCUT2D eigenvalue weighted by Gasteiger charge is 2.34. The zero-order valence-electron chi connectivity index (χ0n) is 15.1. The molecule has 3 aromatic rings. The van der Waals surface area contributed by atoms with Crippen molar-refractivity contribution in [2.24, 2.45) is 5.41 Å². The highest BCUT2D eigenvalue weighted by Crippen LogP contribution is 2.35. The third kappa shape index (κ3) is 4.06.